The van der Waals surface area contributed by atoms with Crippen LogP contribution in [0.4, 0.5) is 0 Å². The number of phosphoric ester groups is 1. The van der Waals surface area contributed by atoms with Gasteiger partial charge in [-0.1, -0.05) is 154 Å². The molecule has 0 saturated heterocycles. The average Bonchev–Trinajstić information content (AvgIpc) is 3.02. The molecule has 0 spiro atoms. The first kappa shape index (κ1) is 47.0. The van der Waals surface area contributed by atoms with Gasteiger partial charge in [0, 0.05) is 6.42 Å². The molecule has 0 rings (SSSR count). The first-order valence-electron chi connectivity index (χ1n) is 19.7. The van der Waals surface area contributed by atoms with E-state index in [1.807, 2.05) is 27.2 Å². The molecule has 0 aromatic heterocycles. The van der Waals surface area contributed by atoms with Crippen LogP contribution in [0.1, 0.15) is 168 Å². The molecule has 48 heavy (non-hydrogen) atoms. The summed E-state index contributed by atoms with van der Waals surface area (Å²) in [6.45, 7) is 4.59. The highest BCUT2D eigenvalue weighted by atomic mass is 31.2. The summed E-state index contributed by atoms with van der Waals surface area (Å²) < 4.78 is 23.1. The monoisotopic (exact) mass is 701 g/mol. The van der Waals surface area contributed by atoms with Gasteiger partial charge in [0.2, 0.25) is 5.91 Å². The van der Waals surface area contributed by atoms with Crippen molar-refractivity contribution in [2.45, 2.75) is 180 Å². The predicted octanol–water partition coefficient (Wildman–Crippen LogP) is 9.55. The summed E-state index contributed by atoms with van der Waals surface area (Å²) >= 11 is 0. The molecule has 284 valence electrons. The van der Waals surface area contributed by atoms with Gasteiger partial charge >= 0.3 is 0 Å². The molecule has 0 radical (unpaired) electrons. The van der Waals surface area contributed by atoms with Gasteiger partial charge in [0.15, 0.2) is 0 Å². The van der Waals surface area contributed by atoms with Crippen molar-refractivity contribution in [3.8, 4) is 0 Å². The SMILES string of the molecule is CCCCCCCCC/C=C/CC/C=C/[C@@H](O)[C@H](COP(=O)([O-])OCC[N+](C)(C)C)NC(=O)CCCCCCCCCCCCCCC. The molecular weight excluding hydrogens is 623 g/mol. The minimum Gasteiger partial charge on any atom is -0.756 e. The van der Waals surface area contributed by atoms with Crippen molar-refractivity contribution in [2.75, 3.05) is 40.9 Å². The van der Waals surface area contributed by atoms with Gasteiger partial charge in [-0.2, -0.15) is 0 Å². The molecule has 9 heteroatoms. The number of rotatable bonds is 35. The molecule has 8 nitrogen and oxygen atoms in total. The zero-order valence-electron chi connectivity index (χ0n) is 31.9. The lowest BCUT2D eigenvalue weighted by Crippen LogP contribution is -2.45. The molecule has 1 amide bonds. The number of quaternary nitrogens is 1. The normalized spacial score (nSPS) is 14.9. The van der Waals surface area contributed by atoms with E-state index in [1.165, 1.54) is 109 Å². The van der Waals surface area contributed by atoms with Crippen LogP contribution in [0.25, 0.3) is 0 Å². The van der Waals surface area contributed by atoms with Crippen LogP contribution in [-0.4, -0.2) is 68.5 Å². The number of allylic oxidation sites excluding steroid dienone is 3. The third-order valence-electron chi connectivity index (χ3n) is 8.66. The van der Waals surface area contributed by atoms with Gasteiger partial charge in [-0.05, 0) is 32.1 Å². The second-order valence-electron chi connectivity index (χ2n) is 14.6. The van der Waals surface area contributed by atoms with E-state index in [1.54, 1.807) is 6.08 Å². The van der Waals surface area contributed by atoms with Gasteiger partial charge in [-0.15, -0.1) is 0 Å². The van der Waals surface area contributed by atoms with E-state index >= 15 is 0 Å². The molecule has 3 atom stereocenters. The van der Waals surface area contributed by atoms with Crippen LogP contribution in [0.2, 0.25) is 0 Å². The zero-order valence-corrected chi connectivity index (χ0v) is 32.8. The van der Waals surface area contributed by atoms with Crippen LogP contribution in [0, 0.1) is 0 Å². The Bertz CT molecular complexity index is 845. The fraction of sp³-hybridized carbons (Fsp3) is 0.872. The van der Waals surface area contributed by atoms with Crippen molar-refractivity contribution in [3.05, 3.63) is 24.3 Å². The quantitative estimate of drug-likeness (QED) is 0.0295. The lowest BCUT2D eigenvalue weighted by atomic mass is 10.0. The van der Waals surface area contributed by atoms with Crippen LogP contribution in [0.15, 0.2) is 24.3 Å². The summed E-state index contributed by atoms with van der Waals surface area (Å²) in [6.07, 6.45) is 35.0. The Morgan fingerprint density at radius 2 is 1.17 bits per heavy atom. The summed E-state index contributed by atoms with van der Waals surface area (Å²) in [5.74, 6) is -0.209. The largest absolute Gasteiger partial charge is 0.756 e. The van der Waals surface area contributed by atoms with E-state index in [9.17, 15) is 19.4 Å². The van der Waals surface area contributed by atoms with Crippen molar-refractivity contribution in [2.24, 2.45) is 0 Å². The number of carbonyl (C=O) groups excluding carboxylic acids is 1. The molecular formula is C39H77N2O6P. The number of likely N-dealkylation sites (N-methyl/N-ethyl adjacent to an activating group) is 1. The number of nitrogens with zero attached hydrogens (tertiary/aromatic N) is 1. The Labute approximate surface area is 296 Å². The molecule has 0 bridgehead atoms. The Morgan fingerprint density at radius 3 is 1.69 bits per heavy atom. The Morgan fingerprint density at radius 1 is 0.708 bits per heavy atom. The highest BCUT2D eigenvalue weighted by molar-refractivity contribution is 7.45. The van der Waals surface area contributed by atoms with Gasteiger partial charge in [0.25, 0.3) is 7.82 Å². The van der Waals surface area contributed by atoms with E-state index in [2.05, 4.69) is 31.3 Å². The Hall–Kier alpha value is -1.02. The Balaban J connectivity index is 4.56. The fourth-order valence-electron chi connectivity index (χ4n) is 5.46. The number of phosphoric acid groups is 1. The van der Waals surface area contributed by atoms with Crippen molar-refractivity contribution in [1.82, 2.24) is 5.32 Å². The summed E-state index contributed by atoms with van der Waals surface area (Å²) in [5, 5.41) is 13.7. The van der Waals surface area contributed by atoms with Gasteiger partial charge in [0.1, 0.15) is 13.2 Å². The van der Waals surface area contributed by atoms with Crippen molar-refractivity contribution in [1.29, 1.82) is 0 Å². The van der Waals surface area contributed by atoms with Gasteiger partial charge in [-0.3, -0.25) is 9.36 Å². The molecule has 0 aromatic carbocycles. The predicted molar refractivity (Wildman–Crippen MR) is 201 cm³/mol. The van der Waals surface area contributed by atoms with E-state index < -0.39 is 20.0 Å². The number of hydrogen-bond acceptors (Lipinski definition) is 6. The summed E-state index contributed by atoms with van der Waals surface area (Å²) in [4.78, 5) is 25.1. The smallest absolute Gasteiger partial charge is 0.268 e. The van der Waals surface area contributed by atoms with Crippen LogP contribution in [0.5, 0.6) is 0 Å². The fourth-order valence-corrected chi connectivity index (χ4v) is 6.18. The third kappa shape index (κ3) is 33.5. The lowest BCUT2D eigenvalue weighted by Gasteiger charge is -2.29. The molecule has 0 aliphatic carbocycles. The lowest BCUT2D eigenvalue weighted by molar-refractivity contribution is -0.870. The summed E-state index contributed by atoms with van der Waals surface area (Å²) in [6, 6.07) is -0.895. The molecule has 0 fully saturated rings. The minimum atomic E-state index is -4.58. The molecule has 1 unspecified atom stereocenters. The standard InChI is InChI=1S/C39H77N2O6P/c1-6-8-10-12-14-16-18-20-22-24-26-28-30-32-38(42)37(36-47-48(44,45)46-35-34-41(3,4)5)40-39(43)33-31-29-27-25-23-21-19-17-15-13-11-9-7-2/h22,24,30,32,37-38,42H,6-21,23,25-29,31,33-36H2,1-5H3,(H-,40,43,44,45)/b24-22+,32-30+/t37-,38+/m0/s1. The molecule has 2 N–H and O–H groups in total. The van der Waals surface area contributed by atoms with E-state index in [0.29, 0.717) is 17.4 Å². The molecule has 0 heterocycles. The van der Waals surface area contributed by atoms with E-state index in [-0.39, 0.29) is 19.1 Å². The van der Waals surface area contributed by atoms with Crippen LogP contribution < -0.4 is 10.2 Å². The maximum Gasteiger partial charge on any atom is 0.268 e. The number of aliphatic hydroxyl groups excluding tert-OH is 1. The van der Waals surface area contributed by atoms with E-state index in [4.69, 9.17) is 9.05 Å². The number of carbonyl (C=O) groups is 1. The number of hydrogen-bond donors (Lipinski definition) is 2. The maximum atomic E-state index is 12.8. The first-order valence-corrected chi connectivity index (χ1v) is 21.2. The summed E-state index contributed by atoms with van der Waals surface area (Å²) in [7, 11) is 1.24. The highest BCUT2D eigenvalue weighted by Crippen LogP contribution is 2.38. The zero-order chi connectivity index (χ0) is 35.8. The molecule has 0 saturated carbocycles. The topological polar surface area (TPSA) is 108 Å². The molecule has 0 aromatic rings. The van der Waals surface area contributed by atoms with Crippen molar-refractivity contribution >= 4 is 13.7 Å². The summed E-state index contributed by atoms with van der Waals surface area (Å²) in [5.41, 5.74) is 0. The molecule has 0 aliphatic heterocycles. The van der Waals surface area contributed by atoms with Crippen LogP contribution >= 0.6 is 7.82 Å². The van der Waals surface area contributed by atoms with Crippen LogP contribution in [-0.2, 0) is 18.4 Å². The van der Waals surface area contributed by atoms with Gasteiger partial charge in [-0.25, -0.2) is 0 Å². The van der Waals surface area contributed by atoms with Crippen molar-refractivity contribution < 1.29 is 32.9 Å². The number of aliphatic hydroxyl groups is 1. The van der Waals surface area contributed by atoms with Gasteiger partial charge in [0.05, 0.1) is 39.9 Å². The molecule has 0 aliphatic rings. The Kier molecular flexibility index (Phi) is 31.2. The number of nitrogens with one attached hydrogen (secondary N) is 1. The van der Waals surface area contributed by atoms with Gasteiger partial charge < -0.3 is 28.8 Å². The van der Waals surface area contributed by atoms with Crippen LogP contribution in [0.3, 0.4) is 0 Å². The highest BCUT2D eigenvalue weighted by Gasteiger charge is 2.23. The second kappa shape index (κ2) is 31.9. The first-order chi connectivity index (χ1) is 23.0. The number of unbranched alkanes of at least 4 members (excludes halogenated alkanes) is 20. The maximum absolute atomic E-state index is 12.8. The van der Waals surface area contributed by atoms with E-state index in [0.717, 1.165) is 38.5 Å². The second-order valence-corrected chi connectivity index (χ2v) is 16.0. The number of amides is 1. The average molecular weight is 701 g/mol. The minimum absolute atomic E-state index is 0.00468. The van der Waals surface area contributed by atoms with Crippen molar-refractivity contribution in [3.63, 3.8) is 0 Å². The third-order valence-corrected chi connectivity index (χ3v) is 9.63.